The van der Waals surface area contributed by atoms with Crippen LogP contribution in [-0.4, -0.2) is 25.6 Å². The first-order chi connectivity index (χ1) is 14.3. The smallest absolute Gasteiger partial charge is 0.261 e. The van der Waals surface area contributed by atoms with Crippen molar-refractivity contribution in [2.45, 2.75) is 11.4 Å². The zero-order valence-electron chi connectivity index (χ0n) is 15.9. The summed E-state index contributed by atoms with van der Waals surface area (Å²) in [6, 6.07) is 21.1. The second kappa shape index (κ2) is 8.18. The molecule has 3 aromatic carbocycles. The molecule has 0 atom stereocenters. The van der Waals surface area contributed by atoms with Gasteiger partial charge in [-0.2, -0.15) is 0 Å². The molecule has 0 N–H and O–H groups in total. The lowest BCUT2D eigenvalue weighted by molar-refractivity contribution is 0.0982. The first kappa shape index (κ1) is 20.5. The van der Waals surface area contributed by atoms with Crippen molar-refractivity contribution in [1.29, 1.82) is 0 Å². The number of hydrogen-bond donors (Lipinski definition) is 0. The van der Waals surface area contributed by atoms with Crippen LogP contribution in [0.5, 0.6) is 0 Å². The Morgan fingerprint density at radius 2 is 1.73 bits per heavy atom. The maximum Gasteiger partial charge on any atom is 0.261 e. The van der Waals surface area contributed by atoms with Crippen molar-refractivity contribution in [2.24, 2.45) is 0 Å². The molecule has 4 rings (SSSR count). The van der Waals surface area contributed by atoms with E-state index < -0.39 is 15.7 Å². The van der Waals surface area contributed by atoms with Crippen LogP contribution in [0, 0.1) is 0 Å². The highest BCUT2D eigenvalue weighted by molar-refractivity contribution is 7.90. The van der Waals surface area contributed by atoms with Gasteiger partial charge in [0.2, 0.25) is 0 Å². The molecule has 0 saturated carbocycles. The molecule has 4 aromatic rings. The SMILES string of the molecule is CS(=O)(=O)c1ccccc1C(=O)N(Cc1ccccc1)c1nc2ccc(Cl)cc2s1. The molecule has 8 heteroatoms. The number of carbonyl (C=O) groups is 1. The molecule has 1 amide bonds. The Morgan fingerprint density at radius 1 is 1.03 bits per heavy atom. The first-order valence-electron chi connectivity index (χ1n) is 9.04. The van der Waals surface area contributed by atoms with Crippen LogP contribution in [0.2, 0.25) is 5.02 Å². The van der Waals surface area contributed by atoms with Crippen molar-refractivity contribution in [1.82, 2.24) is 4.98 Å². The van der Waals surface area contributed by atoms with Gasteiger partial charge in [0.25, 0.3) is 5.91 Å². The molecule has 152 valence electrons. The predicted octanol–water partition coefficient (Wildman–Crippen LogP) is 5.20. The number of nitrogens with zero attached hydrogens (tertiary/aromatic N) is 2. The van der Waals surface area contributed by atoms with E-state index in [1.807, 2.05) is 30.3 Å². The fraction of sp³-hybridized carbons (Fsp3) is 0.0909. The third-order valence-corrected chi connectivity index (χ3v) is 6.95. The molecule has 0 aliphatic carbocycles. The third kappa shape index (κ3) is 4.23. The van der Waals surface area contributed by atoms with Gasteiger partial charge in [-0.05, 0) is 35.9 Å². The minimum Gasteiger partial charge on any atom is -0.279 e. The molecule has 0 aliphatic rings. The summed E-state index contributed by atoms with van der Waals surface area (Å²) in [6.45, 7) is 0.255. The van der Waals surface area contributed by atoms with Crippen molar-refractivity contribution in [3.8, 4) is 0 Å². The summed E-state index contributed by atoms with van der Waals surface area (Å²) >= 11 is 7.43. The van der Waals surface area contributed by atoms with Gasteiger partial charge in [0.1, 0.15) is 0 Å². The van der Waals surface area contributed by atoms with Crippen LogP contribution in [0.4, 0.5) is 5.13 Å². The Morgan fingerprint density at radius 3 is 2.47 bits per heavy atom. The number of hydrogen-bond acceptors (Lipinski definition) is 5. The largest absolute Gasteiger partial charge is 0.279 e. The Balaban J connectivity index is 1.84. The molecule has 0 radical (unpaired) electrons. The molecule has 1 heterocycles. The van der Waals surface area contributed by atoms with Gasteiger partial charge in [0, 0.05) is 11.3 Å². The Labute approximate surface area is 183 Å². The lowest BCUT2D eigenvalue weighted by Crippen LogP contribution is -2.31. The average Bonchev–Trinajstić information content (AvgIpc) is 3.14. The Kier molecular flexibility index (Phi) is 5.60. The summed E-state index contributed by atoms with van der Waals surface area (Å²) in [5.74, 6) is -0.426. The van der Waals surface area contributed by atoms with Crippen LogP contribution in [-0.2, 0) is 16.4 Å². The van der Waals surface area contributed by atoms with Crippen LogP contribution in [0.15, 0.2) is 77.7 Å². The number of carbonyl (C=O) groups excluding carboxylic acids is 1. The maximum atomic E-state index is 13.6. The van der Waals surface area contributed by atoms with E-state index >= 15 is 0 Å². The number of thiazole rings is 1. The van der Waals surface area contributed by atoms with Gasteiger partial charge in [-0.3, -0.25) is 9.69 Å². The number of amides is 1. The lowest BCUT2D eigenvalue weighted by Gasteiger charge is -2.21. The van der Waals surface area contributed by atoms with Crippen molar-refractivity contribution < 1.29 is 13.2 Å². The number of sulfone groups is 1. The normalized spacial score (nSPS) is 11.5. The molecule has 0 bridgehead atoms. The summed E-state index contributed by atoms with van der Waals surface area (Å²) < 4.78 is 25.4. The van der Waals surface area contributed by atoms with Crippen LogP contribution in [0.25, 0.3) is 10.2 Å². The van der Waals surface area contributed by atoms with E-state index in [4.69, 9.17) is 11.6 Å². The van der Waals surface area contributed by atoms with Crippen LogP contribution in [0.1, 0.15) is 15.9 Å². The van der Waals surface area contributed by atoms with Gasteiger partial charge in [-0.1, -0.05) is 65.4 Å². The van der Waals surface area contributed by atoms with E-state index in [9.17, 15) is 13.2 Å². The molecule has 30 heavy (non-hydrogen) atoms. The third-order valence-electron chi connectivity index (χ3n) is 4.52. The summed E-state index contributed by atoms with van der Waals surface area (Å²) in [4.78, 5) is 19.7. The van der Waals surface area contributed by atoms with Gasteiger partial charge >= 0.3 is 0 Å². The Hall–Kier alpha value is -2.74. The number of rotatable bonds is 5. The molecular formula is C22H17ClN2O3S2. The zero-order valence-corrected chi connectivity index (χ0v) is 18.3. The minimum absolute atomic E-state index is 0.00258. The van der Waals surface area contributed by atoms with E-state index in [0.717, 1.165) is 22.0 Å². The molecule has 0 unspecified atom stereocenters. The van der Waals surface area contributed by atoms with Crippen LogP contribution in [0.3, 0.4) is 0 Å². The minimum atomic E-state index is -3.58. The number of anilines is 1. The Bertz CT molecular complexity index is 1340. The molecule has 5 nitrogen and oxygen atoms in total. The fourth-order valence-corrected chi connectivity index (χ4v) is 5.23. The predicted molar refractivity (Wildman–Crippen MR) is 121 cm³/mol. The summed E-state index contributed by atoms with van der Waals surface area (Å²) in [7, 11) is -3.58. The molecule has 0 fully saturated rings. The van der Waals surface area contributed by atoms with E-state index in [1.54, 1.807) is 30.3 Å². The van der Waals surface area contributed by atoms with Crippen molar-refractivity contribution in [3.05, 3.63) is 88.9 Å². The van der Waals surface area contributed by atoms with E-state index in [-0.39, 0.29) is 17.0 Å². The summed E-state index contributed by atoms with van der Waals surface area (Å²) in [5.41, 5.74) is 1.75. The molecule has 1 aromatic heterocycles. The monoisotopic (exact) mass is 456 g/mol. The first-order valence-corrected chi connectivity index (χ1v) is 12.1. The lowest BCUT2D eigenvalue weighted by atomic mass is 10.1. The number of aromatic nitrogens is 1. The van der Waals surface area contributed by atoms with E-state index in [1.165, 1.54) is 28.4 Å². The van der Waals surface area contributed by atoms with Crippen molar-refractivity contribution in [3.63, 3.8) is 0 Å². The standard InChI is InChI=1S/C22H17ClN2O3S2/c1-30(27,28)20-10-6-5-9-17(20)21(26)25(14-15-7-3-2-4-8-15)22-24-18-12-11-16(23)13-19(18)29-22/h2-13H,14H2,1H3. The van der Waals surface area contributed by atoms with Gasteiger partial charge < -0.3 is 0 Å². The summed E-state index contributed by atoms with van der Waals surface area (Å²) in [6.07, 6.45) is 1.10. The molecule has 0 saturated heterocycles. The van der Waals surface area contributed by atoms with E-state index in [2.05, 4.69) is 4.98 Å². The molecular weight excluding hydrogens is 440 g/mol. The van der Waals surface area contributed by atoms with Crippen molar-refractivity contribution >= 4 is 54.0 Å². The highest BCUT2D eigenvalue weighted by Gasteiger charge is 2.26. The second-order valence-electron chi connectivity index (χ2n) is 6.75. The number of benzene rings is 3. The van der Waals surface area contributed by atoms with Crippen LogP contribution >= 0.6 is 22.9 Å². The molecule has 0 spiro atoms. The van der Waals surface area contributed by atoms with Gasteiger partial charge in [0.05, 0.1) is 27.2 Å². The zero-order chi connectivity index (χ0) is 21.3. The highest BCUT2D eigenvalue weighted by atomic mass is 35.5. The van der Waals surface area contributed by atoms with Gasteiger partial charge in [-0.15, -0.1) is 0 Å². The van der Waals surface area contributed by atoms with Crippen LogP contribution < -0.4 is 4.90 Å². The van der Waals surface area contributed by atoms with E-state index in [0.29, 0.717) is 10.2 Å². The van der Waals surface area contributed by atoms with Gasteiger partial charge in [-0.25, -0.2) is 13.4 Å². The van der Waals surface area contributed by atoms with Crippen molar-refractivity contribution in [2.75, 3.05) is 11.2 Å². The quantitative estimate of drug-likeness (QED) is 0.414. The summed E-state index contributed by atoms with van der Waals surface area (Å²) in [5, 5.41) is 1.06. The second-order valence-corrected chi connectivity index (χ2v) is 10.2. The average molecular weight is 457 g/mol. The fourth-order valence-electron chi connectivity index (χ4n) is 3.11. The highest BCUT2D eigenvalue weighted by Crippen LogP contribution is 2.33. The molecule has 0 aliphatic heterocycles. The van der Waals surface area contributed by atoms with Gasteiger partial charge in [0.15, 0.2) is 15.0 Å². The number of halogens is 1. The maximum absolute atomic E-state index is 13.6. The topological polar surface area (TPSA) is 67.3 Å². The number of fused-ring (bicyclic) bond motifs is 1.